The predicted octanol–water partition coefficient (Wildman–Crippen LogP) is 4.51. The molecule has 0 saturated carbocycles. The summed E-state index contributed by atoms with van der Waals surface area (Å²) < 4.78 is 40.7. The third-order valence-corrected chi connectivity index (χ3v) is 7.06. The number of halogens is 3. The van der Waals surface area contributed by atoms with Gasteiger partial charge in [-0.3, -0.25) is 14.5 Å². The summed E-state index contributed by atoms with van der Waals surface area (Å²) in [7, 11) is 1.96. The summed E-state index contributed by atoms with van der Waals surface area (Å²) in [5.41, 5.74) is 1.80. The second-order valence-electron chi connectivity index (χ2n) is 9.62. The summed E-state index contributed by atoms with van der Waals surface area (Å²) in [6.45, 7) is 6.20. The molecular weight excluding hydrogens is 431 g/mol. The van der Waals surface area contributed by atoms with Gasteiger partial charge in [0.1, 0.15) is 0 Å². The molecule has 33 heavy (non-hydrogen) atoms. The number of hydrogen-bond acceptors (Lipinski definition) is 3. The Hall–Kier alpha value is -2.61. The Labute approximate surface area is 192 Å². The number of likely N-dealkylation sites (N-methyl/N-ethyl adjacent to an activating group) is 1. The molecule has 8 heteroatoms. The number of amides is 1. The van der Waals surface area contributed by atoms with Crippen molar-refractivity contribution in [1.29, 1.82) is 0 Å². The van der Waals surface area contributed by atoms with Gasteiger partial charge in [0, 0.05) is 37.4 Å². The number of rotatable bonds is 4. The van der Waals surface area contributed by atoms with E-state index in [1.54, 1.807) is 6.07 Å². The average molecular weight is 462 g/mol. The smallest absolute Gasteiger partial charge is 0.339 e. The number of piperidine rings is 1. The van der Waals surface area contributed by atoms with E-state index in [1.807, 2.05) is 36.2 Å². The molecule has 0 N–H and O–H groups in total. The number of benzene rings is 1. The Morgan fingerprint density at radius 2 is 1.61 bits per heavy atom. The number of ketones is 1. The topological polar surface area (TPSA) is 45.6 Å². The fourth-order valence-corrected chi connectivity index (χ4v) is 5.27. The standard InChI is InChI=1S/C25H30F3N3O2/c1-17(2)16-18-4-6-19(7-5-18)23(33)30-12-10-24(11-13-30)21-9-8-20(22(32)25(26,27)28)31(21)15-14-29(24)3/h4-9,17H,10-16H2,1-3H3. The first kappa shape index (κ1) is 23.5. The van der Waals surface area contributed by atoms with Gasteiger partial charge in [-0.2, -0.15) is 13.2 Å². The van der Waals surface area contributed by atoms with Crippen molar-refractivity contribution >= 4 is 11.7 Å². The zero-order valence-electron chi connectivity index (χ0n) is 19.3. The van der Waals surface area contributed by atoms with Gasteiger partial charge in [-0.1, -0.05) is 26.0 Å². The maximum atomic E-state index is 13.1. The van der Waals surface area contributed by atoms with Gasteiger partial charge in [0.25, 0.3) is 11.7 Å². The van der Waals surface area contributed by atoms with E-state index in [-0.39, 0.29) is 11.6 Å². The Bertz CT molecular complexity index is 1030. The first-order valence-corrected chi connectivity index (χ1v) is 11.4. The average Bonchev–Trinajstić information content (AvgIpc) is 3.20. The van der Waals surface area contributed by atoms with E-state index >= 15 is 0 Å². The molecule has 4 rings (SSSR count). The molecule has 1 aromatic heterocycles. The van der Waals surface area contributed by atoms with E-state index in [4.69, 9.17) is 0 Å². The molecule has 178 valence electrons. The molecule has 1 spiro atoms. The SMILES string of the molecule is CC(C)Cc1ccc(C(=O)N2CCC3(CC2)c2ccc(C(=O)C(F)(F)F)n2CCN3C)cc1. The molecule has 0 bridgehead atoms. The number of aromatic nitrogens is 1. The lowest BCUT2D eigenvalue weighted by Crippen LogP contribution is -2.56. The van der Waals surface area contributed by atoms with Gasteiger partial charge in [0.15, 0.2) is 0 Å². The Morgan fingerprint density at radius 1 is 0.970 bits per heavy atom. The van der Waals surface area contributed by atoms with Crippen molar-refractivity contribution in [1.82, 2.24) is 14.4 Å². The summed E-state index contributed by atoms with van der Waals surface area (Å²) in [6.07, 6.45) is -2.73. The molecule has 2 aromatic rings. The molecule has 0 atom stereocenters. The lowest BCUT2D eigenvalue weighted by Gasteiger charge is -2.50. The molecule has 1 amide bonds. The number of likely N-dealkylation sites (tertiary alicyclic amines) is 1. The quantitative estimate of drug-likeness (QED) is 0.630. The lowest BCUT2D eigenvalue weighted by molar-refractivity contribution is -0.0892. The zero-order valence-corrected chi connectivity index (χ0v) is 19.3. The zero-order chi connectivity index (χ0) is 24.0. The van der Waals surface area contributed by atoms with E-state index < -0.39 is 17.5 Å². The highest BCUT2D eigenvalue weighted by atomic mass is 19.4. The number of fused-ring (bicyclic) bond motifs is 2. The van der Waals surface area contributed by atoms with E-state index in [0.717, 1.165) is 12.1 Å². The van der Waals surface area contributed by atoms with Gasteiger partial charge in [-0.15, -0.1) is 0 Å². The monoisotopic (exact) mass is 461 g/mol. The van der Waals surface area contributed by atoms with Gasteiger partial charge in [-0.25, -0.2) is 0 Å². The Kier molecular flexibility index (Phi) is 6.16. The fraction of sp³-hybridized carbons (Fsp3) is 0.520. The normalized spacial score (nSPS) is 18.6. The van der Waals surface area contributed by atoms with Gasteiger partial charge < -0.3 is 9.47 Å². The summed E-state index contributed by atoms with van der Waals surface area (Å²) in [6, 6.07) is 10.7. The highest BCUT2D eigenvalue weighted by molar-refractivity contribution is 5.99. The number of carbonyl (C=O) groups is 2. The minimum atomic E-state index is -4.90. The molecule has 1 aromatic carbocycles. The van der Waals surface area contributed by atoms with Crippen molar-refractivity contribution in [2.24, 2.45) is 5.92 Å². The first-order chi connectivity index (χ1) is 15.5. The molecule has 2 aliphatic heterocycles. The van der Waals surface area contributed by atoms with Gasteiger partial charge in [0.2, 0.25) is 0 Å². The van der Waals surface area contributed by atoms with Crippen LogP contribution >= 0.6 is 0 Å². The van der Waals surface area contributed by atoms with Crippen LogP contribution in [-0.2, 0) is 18.5 Å². The van der Waals surface area contributed by atoms with Crippen molar-refractivity contribution in [2.75, 3.05) is 26.7 Å². The third-order valence-electron chi connectivity index (χ3n) is 7.06. The highest BCUT2D eigenvalue weighted by Crippen LogP contribution is 2.42. The van der Waals surface area contributed by atoms with Gasteiger partial charge in [-0.05, 0) is 62.1 Å². The summed E-state index contributed by atoms with van der Waals surface area (Å²) in [5, 5.41) is 0. The highest BCUT2D eigenvalue weighted by Gasteiger charge is 2.47. The summed E-state index contributed by atoms with van der Waals surface area (Å²) >= 11 is 0. The first-order valence-electron chi connectivity index (χ1n) is 11.4. The minimum absolute atomic E-state index is 0.0252. The second kappa shape index (κ2) is 8.63. The molecule has 0 aliphatic carbocycles. The van der Waals surface area contributed by atoms with Gasteiger partial charge >= 0.3 is 6.18 Å². The van der Waals surface area contributed by atoms with Crippen LogP contribution in [0.25, 0.3) is 0 Å². The molecule has 2 aliphatic rings. The van der Waals surface area contributed by atoms with Crippen molar-refractivity contribution in [2.45, 2.75) is 51.4 Å². The number of Topliss-reactive ketones (excluding diaryl/α,β-unsaturated/α-hetero) is 1. The Balaban J connectivity index is 1.51. The van der Waals surface area contributed by atoms with Crippen LogP contribution in [0.3, 0.4) is 0 Å². The van der Waals surface area contributed by atoms with Crippen molar-refractivity contribution in [3.05, 3.63) is 58.9 Å². The maximum absolute atomic E-state index is 13.1. The number of carbonyl (C=O) groups excluding carboxylic acids is 2. The van der Waals surface area contributed by atoms with Crippen molar-refractivity contribution in [3.8, 4) is 0 Å². The lowest BCUT2D eigenvalue weighted by atomic mass is 9.81. The van der Waals surface area contributed by atoms with Crippen LogP contribution in [0.4, 0.5) is 13.2 Å². The minimum Gasteiger partial charge on any atom is -0.339 e. The van der Waals surface area contributed by atoms with E-state index in [1.165, 1.54) is 16.2 Å². The van der Waals surface area contributed by atoms with Gasteiger partial charge in [0.05, 0.1) is 11.2 Å². The second-order valence-corrected chi connectivity index (χ2v) is 9.62. The molecule has 1 fully saturated rings. The number of nitrogens with zero attached hydrogens (tertiary/aromatic N) is 3. The van der Waals surface area contributed by atoms with Crippen LogP contribution < -0.4 is 0 Å². The van der Waals surface area contributed by atoms with Crippen molar-refractivity contribution in [3.63, 3.8) is 0 Å². The van der Waals surface area contributed by atoms with Crippen LogP contribution in [0.15, 0.2) is 36.4 Å². The third kappa shape index (κ3) is 4.33. The summed E-state index contributed by atoms with van der Waals surface area (Å²) in [4.78, 5) is 29.0. The summed E-state index contributed by atoms with van der Waals surface area (Å²) in [5.74, 6) is -1.28. The number of hydrogen-bond donors (Lipinski definition) is 0. The van der Waals surface area contributed by atoms with E-state index in [2.05, 4.69) is 18.7 Å². The molecule has 5 nitrogen and oxygen atoms in total. The molecular formula is C25H30F3N3O2. The van der Waals surface area contributed by atoms with Crippen molar-refractivity contribution < 1.29 is 22.8 Å². The van der Waals surface area contributed by atoms with Crippen LogP contribution in [0.5, 0.6) is 0 Å². The predicted molar refractivity (Wildman–Crippen MR) is 119 cm³/mol. The fourth-order valence-electron chi connectivity index (χ4n) is 5.27. The maximum Gasteiger partial charge on any atom is 0.456 e. The van der Waals surface area contributed by atoms with E-state index in [9.17, 15) is 22.8 Å². The van der Waals surface area contributed by atoms with E-state index in [0.29, 0.717) is 50.5 Å². The molecule has 1 saturated heterocycles. The molecule has 0 radical (unpaired) electrons. The Morgan fingerprint density at radius 3 is 2.18 bits per heavy atom. The molecule has 0 unspecified atom stereocenters. The van der Waals surface area contributed by atoms with Crippen LogP contribution in [0, 0.1) is 5.92 Å². The number of alkyl halides is 3. The van der Waals surface area contributed by atoms with Crippen LogP contribution in [0.2, 0.25) is 0 Å². The van der Waals surface area contributed by atoms with Crippen LogP contribution in [-0.4, -0.2) is 58.9 Å². The largest absolute Gasteiger partial charge is 0.456 e. The van der Waals surface area contributed by atoms with Crippen LogP contribution in [0.1, 0.15) is 58.8 Å². The molecule has 3 heterocycles.